The Labute approximate surface area is 109 Å². The van der Waals surface area contributed by atoms with E-state index in [1.165, 1.54) is 23.7 Å². The monoisotopic (exact) mass is 245 g/mol. The number of rotatable bonds is 7. The number of hydrogen-bond donors (Lipinski definition) is 1. The Balaban J connectivity index is 1.74. The van der Waals surface area contributed by atoms with E-state index in [0.717, 1.165) is 25.6 Å². The highest BCUT2D eigenvalue weighted by molar-refractivity contribution is 5.78. The molecule has 0 spiro atoms. The number of aryl methyl sites for hydroxylation is 1. The Kier molecular flexibility index (Phi) is 4.76. The zero-order chi connectivity index (χ0) is 12.8. The van der Waals surface area contributed by atoms with Crippen LogP contribution in [0.3, 0.4) is 0 Å². The summed E-state index contributed by atoms with van der Waals surface area (Å²) in [4.78, 5) is 0. The van der Waals surface area contributed by atoms with Crippen LogP contribution in [0.15, 0.2) is 30.5 Å². The van der Waals surface area contributed by atoms with Crippen LogP contribution in [0.2, 0.25) is 0 Å². The van der Waals surface area contributed by atoms with Crippen LogP contribution in [0.4, 0.5) is 0 Å². The largest absolute Gasteiger partial charge is 0.316 e. The fraction of sp³-hybridized carbons (Fsp3) is 0.533. The van der Waals surface area contributed by atoms with Crippen molar-refractivity contribution in [2.75, 3.05) is 13.1 Å². The van der Waals surface area contributed by atoms with Gasteiger partial charge in [0.2, 0.25) is 0 Å². The fourth-order valence-corrected chi connectivity index (χ4v) is 2.11. The van der Waals surface area contributed by atoms with Crippen LogP contribution < -0.4 is 5.32 Å². The lowest BCUT2D eigenvalue weighted by Gasteiger charge is -2.07. The molecule has 0 saturated heterocycles. The predicted octanol–water partition coefficient (Wildman–Crippen LogP) is 3.06. The minimum Gasteiger partial charge on any atom is -0.316 e. The van der Waals surface area contributed by atoms with E-state index in [1.807, 2.05) is 6.20 Å². The lowest BCUT2D eigenvalue weighted by atomic mass is 10.2. The van der Waals surface area contributed by atoms with Crippen molar-refractivity contribution in [1.82, 2.24) is 15.1 Å². The summed E-state index contributed by atoms with van der Waals surface area (Å²) in [5, 5.41) is 9.14. The van der Waals surface area contributed by atoms with Crippen LogP contribution in [0.1, 0.15) is 26.7 Å². The molecule has 0 aliphatic rings. The van der Waals surface area contributed by atoms with Gasteiger partial charge in [-0.05, 0) is 37.9 Å². The van der Waals surface area contributed by atoms with Crippen molar-refractivity contribution < 1.29 is 0 Å². The summed E-state index contributed by atoms with van der Waals surface area (Å²) < 4.78 is 2.11. The number of unbranched alkanes of at least 4 members (excludes halogenated alkanes) is 1. The minimum absolute atomic E-state index is 0.736. The van der Waals surface area contributed by atoms with Crippen molar-refractivity contribution in [2.24, 2.45) is 5.92 Å². The number of fused-ring (bicyclic) bond motifs is 1. The number of nitrogens with zero attached hydrogens (tertiary/aromatic N) is 2. The zero-order valence-corrected chi connectivity index (χ0v) is 11.4. The summed E-state index contributed by atoms with van der Waals surface area (Å²) in [6, 6.07) is 8.39. The molecule has 3 nitrogen and oxygen atoms in total. The highest BCUT2D eigenvalue weighted by Gasteiger charge is 2.00. The summed E-state index contributed by atoms with van der Waals surface area (Å²) >= 11 is 0. The van der Waals surface area contributed by atoms with Gasteiger partial charge in [0.25, 0.3) is 0 Å². The van der Waals surface area contributed by atoms with Gasteiger partial charge < -0.3 is 5.32 Å². The Morgan fingerprint density at radius 2 is 2.06 bits per heavy atom. The van der Waals surface area contributed by atoms with Gasteiger partial charge in [-0.15, -0.1) is 0 Å². The first-order valence-electron chi connectivity index (χ1n) is 6.88. The molecule has 1 aromatic heterocycles. The van der Waals surface area contributed by atoms with E-state index in [0.29, 0.717) is 0 Å². The molecule has 98 valence electrons. The topological polar surface area (TPSA) is 29.9 Å². The second-order valence-electron chi connectivity index (χ2n) is 5.23. The molecular weight excluding hydrogens is 222 g/mol. The molecule has 0 atom stereocenters. The number of aromatic nitrogens is 2. The molecule has 18 heavy (non-hydrogen) atoms. The second-order valence-corrected chi connectivity index (χ2v) is 5.23. The molecule has 0 bridgehead atoms. The summed E-state index contributed by atoms with van der Waals surface area (Å²) in [6.07, 6.45) is 4.34. The average molecular weight is 245 g/mol. The van der Waals surface area contributed by atoms with Gasteiger partial charge in [-0.2, -0.15) is 5.10 Å². The molecule has 0 aliphatic carbocycles. The van der Waals surface area contributed by atoms with Crippen LogP contribution in [-0.2, 0) is 6.54 Å². The van der Waals surface area contributed by atoms with E-state index in [4.69, 9.17) is 0 Å². The highest BCUT2D eigenvalue weighted by Crippen LogP contribution is 2.13. The highest BCUT2D eigenvalue weighted by atomic mass is 15.3. The van der Waals surface area contributed by atoms with Gasteiger partial charge in [0, 0.05) is 11.9 Å². The first kappa shape index (κ1) is 13.1. The number of para-hydroxylation sites is 1. The van der Waals surface area contributed by atoms with Crippen LogP contribution in [-0.4, -0.2) is 22.9 Å². The van der Waals surface area contributed by atoms with Crippen molar-refractivity contribution in [3.05, 3.63) is 30.5 Å². The van der Waals surface area contributed by atoms with Crippen LogP contribution >= 0.6 is 0 Å². The molecule has 2 rings (SSSR count). The molecule has 1 aromatic carbocycles. The van der Waals surface area contributed by atoms with Gasteiger partial charge >= 0.3 is 0 Å². The maximum atomic E-state index is 4.44. The third kappa shape index (κ3) is 3.57. The molecule has 3 heteroatoms. The van der Waals surface area contributed by atoms with Crippen LogP contribution in [0, 0.1) is 5.92 Å². The minimum atomic E-state index is 0.736. The molecule has 0 radical (unpaired) electrons. The summed E-state index contributed by atoms with van der Waals surface area (Å²) in [6.45, 7) is 7.71. The first-order chi connectivity index (χ1) is 8.77. The fourth-order valence-electron chi connectivity index (χ4n) is 2.11. The Bertz CT molecular complexity index is 473. The Morgan fingerprint density at radius 3 is 2.89 bits per heavy atom. The van der Waals surface area contributed by atoms with E-state index >= 15 is 0 Å². The molecule has 0 fully saturated rings. The van der Waals surface area contributed by atoms with Crippen molar-refractivity contribution in [2.45, 2.75) is 33.2 Å². The number of hydrogen-bond acceptors (Lipinski definition) is 2. The average Bonchev–Trinajstić information content (AvgIpc) is 2.77. The van der Waals surface area contributed by atoms with Gasteiger partial charge in [-0.1, -0.05) is 32.0 Å². The van der Waals surface area contributed by atoms with E-state index in [9.17, 15) is 0 Å². The van der Waals surface area contributed by atoms with Crippen molar-refractivity contribution in [3.8, 4) is 0 Å². The molecule has 0 amide bonds. The van der Waals surface area contributed by atoms with Gasteiger partial charge in [0.1, 0.15) is 0 Å². The van der Waals surface area contributed by atoms with E-state index in [1.54, 1.807) is 0 Å². The van der Waals surface area contributed by atoms with Crippen molar-refractivity contribution >= 4 is 10.9 Å². The van der Waals surface area contributed by atoms with Crippen molar-refractivity contribution in [1.29, 1.82) is 0 Å². The van der Waals surface area contributed by atoms with Gasteiger partial charge in [-0.3, -0.25) is 4.68 Å². The van der Waals surface area contributed by atoms with E-state index in [-0.39, 0.29) is 0 Å². The van der Waals surface area contributed by atoms with Crippen molar-refractivity contribution in [3.63, 3.8) is 0 Å². The molecule has 1 N–H and O–H groups in total. The molecule has 0 aliphatic heterocycles. The van der Waals surface area contributed by atoms with Gasteiger partial charge in [0.15, 0.2) is 0 Å². The molecule has 0 saturated carbocycles. The lowest BCUT2D eigenvalue weighted by molar-refractivity contribution is 0.511. The number of nitrogens with one attached hydrogen (secondary N) is 1. The SMILES string of the molecule is CC(C)CNCCCCn1ncc2ccccc21. The quantitative estimate of drug-likeness (QED) is 0.760. The molecule has 1 heterocycles. The lowest BCUT2D eigenvalue weighted by Crippen LogP contribution is -2.20. The zero-order valence-electron chi connectivity index (χ0n) is 11.4. The third-order valence-corrected chi connectivity index (χ3v) is 3.08. The molecule has 2 aromatic rings. The third-order valence-electron chi connectivity index (χ3n) is 3.08. The van der Waals surface area contributed by atoms with E-state index < -0.39 is 0 Å². The maximum absolute atomic E-state index is 4.44. The van der Waals surface area contributed by atoms with Crippen LogP contribution in [0.5, 0.6) is 0 Å². The normalized spacial score (nSPS) is 11.5. The van der Waals surface area contributed by atoms with Gasteiger partial charge in [0.05, 0.1) is 11.7 Å². The summed E-state index contributed by atoms with van der Waals surface area (Å²) in [5.74, 6) is 0.736. The maximum Gasteiger partial charge on any atom is 0.0682 e. The summed E-state index contributed by atoms with van der Waals surface area (Å²) in [7, 11) is 0. The Morgan fingerprint density at radius 1 is 1.22 bits per heavy atom. The predicted molar refractivity (Wildman–Crippen MR) is 76.7 cm³/mol. The second kappa shape index (κ2) is 6.55. The molecule has 0 unspecified atom stereocenters. The molecular formula is C15H23N3. The van der Waals surface area contributed by atoms with Gasteiger partial charge in [-0.25, -0.2) is 0 Å². The summed E-state index contributed by atoms with van der Waals surface area (Å²) in [5.41, 5.74) is 1.24. The van der Waals surface area contributed by atoms with Crippen LogP contribution in [0.25, 0.3) is 10.9 Å². The smallest absolute Gasteiger partial charge is 0.0682 e. The first-order valence-corrected chi connectivity index (χ1v) is 6.88. The standard InChI is InChI=1S/C15H23N3/c1-13(2)11-16-9-5-6-10-18-15-8-4-3-7-14(15)12-17-18/h3-4,7-8,12-13,16H,5-6,9-11H2,1-2H3. The Hall–Kier alpha value is -1.35. The van der Waals surface area contributed by atoms with E-state index in [2.05, 4.69) is 53.2 Å². The number of benzene rings is 1.